The molecule has 0 amide bonds. The lowest BCUT2D eigenvalue weighted by molar-refractivity contribution is 0.504. The van der Waals surface area contributed by atoms with Crippen LogP contribution < -0.4 is 0 Å². The summed E-state index contributed by atoms with van der Waals surface area (Å²) >= 11 is 19.3. The van der Waals surface area contributed by atoms with Gasteiger partial charge in [-0.1, -0.05) is 71.2 Å². The highest BCUT2D eigenvalue weighted by molar-refractivity contribution is 14.1. The van der Waals surface area contributed by atoms with Crippen molar-refractivity contribution >= 4 is 57.4 Å². The maximum Gasteiger partial charge on any atom is 0.190 e. The van der Waals surface area contributed by atoms with Crippen molar-refractivity contribution in [1.82, 2.24) is 0 Å². The Labute approximate surface area is 97.1 Å². The van der Waals surface area contributed by atoms with Gasteiger partial charge in [0.1, 0.15) is 0 Å². The van der Waals surface area contributed by atoms with Crippen LogP contribution in [0.2, 0.25) is 0 Å². The molecule has 68 valence electrons. The van der Waals surface area contributed by atoms with Crippen molar-refractivity contribution in [3.05, 3.63) is 0 Å². The monoisotopic (exact) mass is 328 g/mol. The molecule has 0 radical (unpaired) electrons. The first-order valence-corrected chi connectivity index (χ1v) is 5.90. The zero-order valence-corrected chi connectivity index (χ0v) is 11.0. The third kappa shape index (κ3) is 9.51. The van der Waals surface area contributed by atoms with E-state index in [2.05, 4.69) is 36.4 Å². The summed E-state index contributed by atoms with van der Waals surface area (Å²) in [5, 5.41) is 0. The quantitative estimate of drug-likeness (QED) is 0.524. The Morgan fingerprint density at radius 3 is 2.00 bits per heavy atom. The summed E-state index contributed by atoms with van der Waals surface area (Å²) < 4.78 is -0.430. The van der Waals surface area contributed by atoms with Crippen LogP contribution in [0.3, 0.4) is 0 Å². The van der Waals surface area contributed by atoms with Gasteiger partial charge >= 0.3 is 0 Å². The first-order chi connectivity index (χ1) is 4.81. The van der Waals surface area contributed by atoms with Crippen LogP contribution in [0.5, 0.6) is 0 Å². The number of rotatable bonds is 3. The van der Waals surface area contributed by atoms with Crippen LogP contribution in [0, 0.1) is 5.92 Å². The molecule has 0 N–H and O–H groups in total. The molecule has 0 bridgehead atoms. The molecule has 0 rings (SSSR count). The van der Waals surface area contributed by atoms with Gasteiger partial charge in [-0.2, -0.15) is 0 Å². The second-order valence-corrected chi connectivity index (χ2v) is 7.58. The number of alkyl halides is 4. The summed E-state index contributed by atoms with van der Waals surface area (Å²) in [4.78, 5) is 0. The topological polar surface area (TPSA) is 0 Å². The van der Waals surface area contributed by atoms with Crippen molar-refractivity contribution in [2.75, 3.05) is 0 Å². The Hall–Kier alpha value is 1.60. The number of halogens is 4. The molecular formula is C7H12Cl3I. The molecule has 0 heterocycles. The van der Waals surface area contributed by atoms with Crippen molar-refractivity contribution in [2.24, 2.45) is 5.92 Å². The lowest BCUT2D eigenvalue weighted by atomic mass is 10.0. The number of hydrogen-bond acceptors (Lipinski definition) is 0. The Kier molecular flexibility index (Phi) is 6.13. The van der Waals surface area contributed by atoms with Gasteiger partial charge in [-0.25, -0.2) is 0 Å². The Bertz CT molecular complexity index is 109. The van der Waals surface area contributed by atoms with E-state index in [1.807, 2.05) is 0 Å². The molecule has 0 aliphatic rings. The molecule has 0 nitrogen and oxygen atoms in total. The summed E-state index contributed by atoms with van der Waals surface area (Å²) in [5.74, 6) is 0.481. The molecular weight excluding hydrogens is 317 g/mol. The summed E-state index contributed by atoms with van der Waals surface area (Å²) in [6.45, 7) is 4.27. The largest absolute Gasteiger partial charge is 0.190 e. The van der Waals surface area contributed by atoms with Gasteiger partial charge in [-0.3, -0.25) is 0 Å². The minimum absolute atomic E-state index is 0.481. The lowest BCUT2D eigenvalue weighted by Crippen LogP contribution is -2.11. The van der Waals surface area contributed by atoms with Crippen LogP contribution in [-0.2, 0) is 0 Å². The first-order valence-electron chi connectivity index (χ1n) is 3.52. The average molecular weight is 329 g/mol. The minimum Gasteiger partial charge on any atom is -0.0837 e. The van der Waals surface area contributed by atoms with Gasteiger partial charge in [-0.05, 0) is 18.8 Å². The minimum atomic E-state index is -1.08. The summed E-state index contributed by atoms with van der Waals surface area (Å²) in [6.07, 6.45) is 1.75. The second-order valence-electron chi connectivity index (χ2n) is 2.94. The van der Waals surface area contributed by atoms with Crippen molar-refractivity contribution in [1.29, 1.82) is 0 Å². The average Bonchev–Trinajstić information content (AvgIpc) is 1.53. The van der Waals surface area contributed by atoms with E-state index in [9.17, 15) is 0 Å². The van der Waals surface area contributed by atoms with Gasteiger partial charge in [-0.15, -0.1) is 0 Å². The van der Waals surface area contributed by atoms with Crippen LogP contribution in [0.15, 0.2) is 0 Å². The molecule has 0 spiro atoms. The third-order valence-corrected chi connectivity index (χ3v) is 2.28. The van der Waals surface area contributed by atoms with Gasteiger partial charge in [0.15, 0.2) is 3.79 Å². The van der Waals surface area contributed by atoms with Gasteiger partial charge in [0.2, 0.25) is 0 Å². The molecule has 2 atom stereocenters. The summed E-state index contributed by atoms with van der Waals surface area (Å²) in [5.41, 5.74) is 0. The van der Waals surface area contributed by atoms with E-state index >= 15 is 0 Å². The first kappa shape index (κ1) is 12.6. The van der Waals surface area contributed by atoms with Gasteiger partial charge in [0.05, 0.1) is 0 Å². The highest BCUT2D eigenvalue weighted by atomic mass is 127. The Morgan fingerprint density at radius 2 is 1.73 bits per heavy atom. The molecule has 4 heteroatoms. The van der Waals surface area contributed by atoms with Crippen molar-refractivity contribution in [3.63, 3.8) is 0 Å². The molecule has 0 saturated heterocycles. The molecule has 0 aromatic heterocycles. The lowest BCUT2D eigenvalue weighted by Gasteiger charge is -2.17. The smallest absolute Gasteiger partial charge is 0.0837 e. The molecule has 0 saturated carbocycles. The van der Waals surface area contributed by atoms with Crippen molar-refractivity contribution < 1.29 is 0 Å². The Balaban J connectivity index is 3.61. The molecule has 0 aliphatic heterocycles. The maximum absolute atomic E-state index is 5.64. The standard InChI is InChI=1S/C7H12Cl3I/c1-5(3-6(2)11)4-7(8,9)10/h5-6H,3-4H2,1-2H3. The zero-order valence-electron chi connectivity index (χ0n) is 6.58. The van der Waals surface area contributed by atoms with Crippen LogP contribution >= 0.6 is 57.4 Å². The maximum atomic E-state index is 5.64. The third-order valence-electron chi connectivity index (χ3n) is 1.31. The SMILES string of the molecule is CC(I)CC(C)CC(Cl)(Cl)Cl. The fourth-order valence-corrected chi connectivity index (χ4v) is 2.69. The molecule has 0 aromatic rings. The highest BCUT2D eigenvalue weighted by Gasteiger charge is 2.23. The molecule has 0 fully saturated rings. The van der Waals surface area contributed by atoms with Gasteiger partial charge in [0, 0.05) is 3.92 Å². The fraction of sp³-hybridized carbons (Fsp3) is 1.00. The van der Waals surface area contributed by atoms with Crippen molar-refractivity contribution in [3.8, 4) is 0 Å². The van der Waals surface area contributed by atoms with E-state index in [0.29, 0.717) is 16.3 Å². The molecule has 0 aliphatic carbocycles. The second kappa shape index (κ2) is 5.36. The zero-order chi connectivity index (χ0) is 9.07. The van der Waals surface area contributed by atoms with Gasteiger partial charge < -0.3 is 0 Å². The summed E-state index contributed by atoms with van der Waals surface area (Å²) in [6, 6.07) is 0. The Morgan fingerprint density at radius 1 is 1.27 bits per heavy atom. The normalized spacial score (nSPS) is 18.0. The van der Waals surface area contributed by atoms with Gasteiger partial charge in [0.25, 0.3) is 0 Å². The highest BCUT2D eigenvalue weighted by Crippen LogP contribution is 2.35. The van der Waals surface area contributed by atoms with E-state index in [-0.39, 0.29) is 0 Å². The molecule has 11 heavy (non-hydrogen) atoms. The number of hydrogen-bond donors (Lipinski definition) is 0. The van der Waals surface area contributed by atoms with Crippen LogP contribution in [0.25, 0.3) is 0 Å². The van der Waals surface area contributed by atoms with E-state index in [1.54, 1.807) is 0 Å². The van der Waals surface area contributed by atoms with E-state index < -0.39 is 3.79 Å². The molecule has 2 unspecified atom stereocenters. The van der Waals surface area contributed by atoms with E-state index in [0.717, 1.165) is 6.42 Å². The summed E-state index contributed by atoms with van der Waals surface area (Å²) in [7, 11) is 0. The van der Waals surface area contributed by atoms with Crippen molar-refractivity contribution in [2.45, 2.75) is 34.4 Å². The molecule has 0 aromatic carbocycles. The predicted octanol–water partition coefficient (Wildman–Crippen LogP) is 4.60. The van der Waals surface area contributed by atoms with E-state index in [1.165, 1.54) is 0 Å². The van der Waals surface area contributed by atoms with Crippen LogP contribution in [0.1, 0.15) is 26.7 Å². The fourth-order valence-electron chi connectivity index (χ4n) is 1.03. The van der Waals surface area contributed by atoms with Crippen LogP contribution in [-0.4, -0.2) is 7.72 Å². The predicted molar refractivity (Wildman–Crippen MR) is 62.2 cm³/mol. The van der Waals surface area contributed by atoms with E-state index in [4.69, 9.17) is 34.8 Å². The van der Waals surface area contributed by atoms with Crippen LogP contribution in [0.4, 0.5) is 0 Å².